The first-order valence-electron chi connectivity index (χ1n) is 10.8. The Morgan fingerprint density at radius 3 is 2.58 bits per heavy atom. The molecule has 1 aliphatic carbocycles. The van der Waals surface area contributed by atoms with Crippen molar-refractivity contribution < 1.29 is 14.0 Å². The molecule has 2 aromatic heterocycles. The summed E-state index contributed by atoms with van der Waals surface area (Å²) in [6.07, 6.45) is 2.22. The van der Waals surface area contributed by atoms with Crippen molar-refractivity contribution in [1.29, 1.82) is 0 Å². The summed E-state index contributed by atoms with van der Waals surface area (Å²) in [6.45, 7) is 1.84. The lowest BCUT2D eigenvalue weighted by molar-refractivity contribution is 0.0949. The third-order valence-corrected chi connectivity index (χ3v) is 5.69. The average Bonchev–Trinajstić information content (AvgIpc) is 3.20. The van der Waals surface area contributed by atoms with Gasteiger partial charge in [-0.2, -0.15) is 5.10 Å². The van der Waals surface area contributed by atoms with Crippen LogP contribution in [0.25, 0.3) is 10.9 Å². The molecule has 0 aliphatic heterocycles. The SMILES string of the molecule is Cc1c(C(=O)Nc2ccccc2)oc2c1/C(=N/NC(=O)c1ccc3ccccc3n1)CCC2. The minimum absolute atomic E-state index is 0.265. The predicted molar refractivity (Wildman–Crippen MR) is 127 cm³/mol. The van der Waals surface area contributed by atoms with Crippen LogP contribution in [-0.4, -0.2) is 22.5 Å². The van der Waals surface area contributed by atoms with Crippen molar-refractivity contribution in [2.24, 2.45) is 5.10 Å². The van der Waals surface area contributed by atoms with Crippen LogP contribution in [0.5, 0.6) is 0 Å². The number of hydrogen-bond donors (Lipinski definition) is 2. The number of hydrogen-bond acceptors (Lipinski definition) is 5. The minimum Gasteiger partial charge on any atom is -0.455 e. The molecule has 0 fully saturated rings. The van der Waals surface area contributed by atoms with Crippen molar-refractivity contribution in [3.63, 3.8) is 0 Å². The quantitative estimate of drug-likeness (QED) is 0.445. The summed E-state index contributed by atoms with van der Waals surface area (Å²) in [4.78, 5) is 29.9. The molecule has 2 aromatic carbocycles. The van der Waals surface area contributed by atoms with Gasteiger partial charge in [0.2, 0.25) is 0 Å². The third-order valence-electron chi connectivity index (χ3n) is 5.69. The fourth-order valence-corrected chi connectivity index (χ4v) is 4.07. The van der Waals surface area contributed by atoms with Crippen molar-refractivity contribution in [2.45, 2.75) is 26.2 Å². The standard InChI is InChI=1S/C26H22N4O3/c1-16-23-20(29-30-25(31)21-15-14-17-8-5-6-11-19(17)28-21)12-7-13-22(23)33-24(16)26(32)27-18-9-3-2-4-10-18/h2-6,8-11,14-15H,7,12-13H2,1H3,(H,27,32)(H,30,31)/b29-20+. The molecule has 1 aliphatic rings. The number of nitrogens with one attached hydrogen (secondary N) is 2. The molecule has 2 N–H and O–H groups in total. The summed E-state index contributed by atoms with van der Waals surface area (Å²) >= 11 is 0. The number of aryl methyl sites for hydroxylation is 1. The van der Waals surface area contributed by atoms with E-state index in [1.165, 1.54) is 0 Å². The molecule has 0 spiro atoms. The van der Waals surface area contributed by atoms with Gasteiger partial charge < -0.3 is 9.73 Å². The number of para-hydroxylation sites is 2. The Morgan fingerprint density at radius 1 is 0.939 bits per heavy atom. The number of benzene rings is 2. The van der Waals surface area contributed by atoms with Gasteiger partial charge in [-0.3, -0.25) is 9.59 Å². The molecule has 7 heteroatoms. The molecule has 0 radical (unpaired) electrons. The van der Waals surface area contributed by atoms with Gasteiger partial charge in [0.15, 0.2) is 5.76 Å². The van der Waals surface area contributed by atoms with Crippen LogP contribution in [0.1, 0.15) is 50.8 Å². The van der Waals surface area contributed by atoms with Crippen molar-refractivity contribution in [3.8, 4) is 0 Å². The Kier molecular flexibility index (Phi) is 5.44. The Balaban J connectivity index is 1.38. The van der Waals surface area contributed by atoms with Crippen LogP contribution in [0.4, 0.5) is 5.69 Å². The van der Waals surface area contributed by atoms with Crippen molar-refractivity contribution >= 4 is 34.1 Å². The highest BCUT2D eigenvalue weighted by Gasteiger charge is 2.28. The Hall–Kier alpha value is -4.26. The van der Waals surface area contributed by atoms with E-state index in [0.717, 1.165) is 28.5 Å². The number of hydrazone groups is 1. The van der Waals surface area contributed by atoms with E-state index in [1.54, 1.807) is 6.07 Å². The van der Waals surface area contributed by atoms with Crippen molar-refractivity contribution in [2.75, 3.05) is 5.32 Å². The first-order chi connectivity index (χ1) is 16.1. The number of amides is 2. The van der Waals surface area contributed by atoms with E-state index < -0.39 is 0 Å². The second-order valence-corrected chi connectivity index (χ2v) is 7.92. The zero-order valence-corrected chi connectivity index (χ0v) is 18.1. The number of rotatable bonds is 4. The Labute approximate surface area is 190 Å². The maximum atomic E-state index is 12.8. The van der Waals surface area contributed by atoms with Crippen LogP contribution in [-0.2, 0) is 6.42 Å². The van der Waals surface area contributed by atoms with Gasteiger partial charge in [-0.25, -0.2) is 10.4 Å². The van der Waals surface area contributed by atoms with Crippen LogP contribution in [0, 0.1) is 6.92 Å². The number of carbonyl (C=O) groups excluding carboxylic acids is 2. The molecule has 0 atom stereocenters. The first kappa shape index (κ1) is 20.6. The number of anilines is 1. The zero-order chi connectivity index (χ0) is 22.8. The first-order valence-corrected chi connectivity index (χ1v) is 10.8. The molecule has 33 heavy (non-hydrogen) atoms. The Morgan fingerprint density at radius 2 is 1.73 bits per heavy atom. The lowest BCUT2D eigenvalue weighted by atomic mass is 9.93. The van der Waals surface area contributed by atoms with E-state index in [2.05, 4.69) is 20.8 Å². The lowest BCUT2D eigenvalue weighted by Gasteiger charge is -2.13. The lowest BCUT2D eigenvalue weighted by Crippen LogP contribution is -2.23. The molecule has 164 valence electrons. The van der Waals surface area contributed by atoms with E-state index in [0.29, 0.717) is 35.7 Å². The van der Waals surface area contributed by atoms with Gasteiger partial charge >= 0.3 is 0 Å². The topological polar surface area (TPSA) is 96.6 Å². The number of carbonyl (C=O) groups is 2. The summed E-state index contributed by atoms with van der Waals surface area (Å²) in [5.41, 5.74) is 6.57. The molecule has 7 nitrogen and oxygen atoms in total. The number of pyridine rings is 1. The van der Waals surface area contributed by atoms with Crippen molar-refractivity contribution in [3.05, 3.63) is 95.1 Å². The number of fused-ring (bicyclic) bond motifs is 2. The molecular formula is C26H22N4O3. The molecule has 0 bridgehead atoms. The summed E-state index contributed by atoms with van der Waals surface area (Å²) in [7, 11) is 0. The third kappa shape index (κ3) is 4.13. The van der Waals surface area contributed by atoms with Gasteiger partial charge in [-0.15, -0.1) is 0 Å². The van der Waals surface area contributed by atoms with Gasteiger partial charge in [0.25, 0.3) is 11.8 Å². The number of aromatic nitrogens is 1. The second-order valence-electron chi connectivity index (χ2n) is 7.92. The molecule has 4 aromatic rings. The molecule has 2 amide bonds. The maximum absolute atomic E-state index is 12.8. The largest absolute Gasteiger partial charge is 0.455 e. The van der Waals surface area contributed by atoms with Gasteiger partial charge in [0, 0.05) is 28.6 Å². The van der Waals surface area contributed by atoms with Crippen LogP contribution in [0.3, 0.4) is 0 Å². The Bertz CT molecular complexity index is 1390. The van der Waals surface area contributed by atoms with E-state index in [1.807, 2.05) is 67.6 Å². The fraction of sp³-hybridized carbons (Fsp3) is 0.154. The van der Waals surface area contributed by atoms with E-state index in [-0.39, 0.29) is 17.6 Å². The van der Waals surface area contributed by atoms with Gasteiger partial charge in [-0.05, 0) is 44.0 Å². The van der Waals surface area contributed by atoms with E-state index in [9.17, 15) is 9.59 Å². The van der Waals surface area contributed by atoms with Crippen LogP contribution < -0.4 is 10.7 Å². The van der Waals surface area contributed by atoms with E-state index in [4.69, 9.17) is 4.42 Å². The van der Waals surface area contributed by atoms with E-state index >= 15 is 0 Å². The molecular weight excluding hydrogens is 416 g/mol. The van der Waals surface area contributed by atoms with Gasteiger partial charge in [-0.1, -0.05) is 42.5 Å². The second kappa shape index (κ2) is 8.70. The van der Waals surface area contributed by atoms with Crippen LogP contribution >= 0.6 is 0 Å². The zero-order valence-electron chi connectivity index (χ0n) is 18.1. The predicted octanol–water partition coefficient (Wildman–Crippen LogP) is 4.86. The maximum Gasteiger partial charge on any atom is 0.291 e. The highest BCUT2D eigenvalue weighted by Crippen LogP contribution is 2.30. The minimum atomic E-state index is -0.386. The van der Waals surface area contributed by atoms with Gasteiger partial charge in [0.05, 0.1) is 11.2 Å². The van der Waals surface area contributed by atoms with Gasteiger partial charge in [0.1, 0.15) is 11.5 Å². The smallest absolute Gasteiger partial charge is 0.291 e. The molecule has 2 heterocycles. The molecule has 0 unspecified atom stereocenters. The highest BCUT2D eigenvalue weighted by atomic mass is 16.4. The molecule has 0 saturated carbocycles. The average molecular weight is 438 g/mol. The molecule has 5 rings (SSSR count). The molecule has 0 saturated heterocycles. The van der Waals surface area contributed by atoms with Crippen LogP contribution in [0.15, 0.2) is 76.2 Å². The monoisotopic (exact) mass is 438 g/mol. The normalized spacial score (nSPS) is 14.2. The summed E-state index contributed by atoms with van der Waals surface area (Å²) < 4.78 is 5.92. The van der Waals surface area contributed by atoms with Crippen LogP contribution in [0.2, 0.25) is 0 Å². The highest BCUT2D eigenvalue weighted by molar-refractivity contribution is 6.09. The summed E-state index contributed by atoms with van der Waals surface area (Å²) in [5.74, 6) is 0.287. The van der Waals surface area contributed by atoms with Crippen molar-refractivity contribution in [1.82, 2.24) is 10.4 Å². The number of furan rings is 1. The number of nitrogens with zero attached hydrogens (tertiary/aromatic N) is 2. The summed E-state index contributed by atoms with van der Waals surface area (Å²) in [6, 6.07) is 20.4. The fourth-order valence-electron chi connectivity index (χ4n) is 4.07. The summed E-state index contributed by atoms with van der Waals surface area (Å²) in [5, 5.41) is 8.21.